The van der Waals surface area contributed by atoms with Crippen molar-refractivity contribution in [3.8, 4) is 0 Å². The van der Waals surface area contributed by atoms with Crippen LogP contribution in [0.1, 0.15) is 31.2 Å². The Labute approximate surface area is 112 Å². The molecule has 0 bridgehead atoms. The van der Waals surface area contributed by atoms with Crippen LogP contribution in [0.3, 0.4) is 0 Å². The van der Waals surface area contributed by atoms with Crippen LogP contribution in [0.25, 0.3) is 0 Å². The first-order valence-corrected chi connectivity index (χ1v) is 6.95. The fourth-order valence-corrected chi connectivity index (χ4v) is 3.00. The molecule has 2 amide bonds. The molecule has 1 saturated heterocycles. The lowest BCUT2D eigenvalue weighted by Crippen LogP contribution is -2.55. The van der Waals surface area contributed by atoms with Gasteiger partial charge >= 0.3 is 6.03 Å². The smallest absolute Gasteiger partial charge is 0.317 e. The monoisotopic (exact) mass is 263 g/mol. The summed E-state index contributed by atoms with van der Waals surface area (Å²) < 4.78 is 0. The topological polar surface area (TPSA) is 87.0 Å². The van der Waals surface area contributed by atoms with Gasteiger partial charge in [-0.2, -0.15) is 5.10 Å². The zero-order chi connectivity index (χ0) is 13.5. The number of urea groups is 1. The van der Waals surface area contributed by atoms with Crippen LogP contribution >= 0.6 is 0 Å². The SMILES string of the molecule is CCc1cc(CNC(=O)N2C[C@@H]3CC[C@]3(N)C2)[nH]n1. The van der Waals surface area contributed by atoms with Crippen molar-refractivity contribution < 1.29 is 4.79 Å². The molecule has 2 aliphatic rings. The van der Waals surface area contributed by atoms with Gasteiger partial charge in [0.15, 0.2) is 0 Å². The third-order valence-corrected chi connectivity index (χ3v) is 4.46. The summed E-state index contributed by atoms with van der Waals surface area (Å²) in [5, 5.41) is 10.0. The molecule has 1 aliphatic heterocycles. The minimum atomic E-state index is -0.110. The highest BCUT2D eigenvalue weighted by Crippen LogP contribution is 2.42. The van der Waals surface area contributed by atoms with Gasteiger partial charge in [-0.3, -0.25) is 5.10 Å². The van der Waals surface area contributed by atoms with Gasteiger partial charge in [-0.15, -0.1) is 0 Å². The summed E-state index contributed by atoms with van der Waals surface area (Å²) in [6.07, 6.45) is 3.09. The van der Waals surface area contributed by atoms with E-state index in [1.807, 2.05) is 11.0 Å². The molecule has 0 radical (unpaired) electrons. The van der Waals surface area contributed by atoms with Crippen molar-refractivity contribution >= 4 is 6.03 Å². The van der Waals surface area contributed by atoms with E-state index in [-0.39, 0.29) is 11.6 Å². The van der Waals surface area contributed by atoms with Crippen LogP contribution in [0.4, 0.5) is 4.79 Å². The third kappa shape index (κ3) is 2.20. The highest BCUT2D eigenvalue weighted by atomic mass is 16.2. The van der Waals surface area contributed by atoms with Gasteiger partial charge in [0.2, 0.25) is 0 Å². The van der Waals surface area contributed by atoms with Crippen molar-refractivity contribution in [3.05, 3.63) is 17.5 Å². The number of H-pyrrole nitrogens is 1. The number of likely N-dealkylation sites (tertiary alicyclic amines) is 1. The Morgan fingerprint density at radius 3 is 3.11 bits per heavy atom. The summed E-state index contributed by atoms with van der Waals surface area (Å²) in [4.78, 5) is 13.9. The summed E-state index contributed by atoms with van der Waals surface area (Å²) in [5.41, 5.74) is 8.07. The normalized spacial score (nSPS) is 28.9. The van der Waals surface area contributed by atoms with Gasteiger partial charge in [-0.1, -0.05) is 6.92 Å². The van der Waals surface area contributed by atoms with Gasteiger partial charge in [0.1, 0.15) is 0 Å². The molecule has 1 aromatic heterocycles. The van der Waals surface area contributed by atoms with E-state index in [1.54, 1.807) is 0 Å². The summed E-state index contributed by atoms with van der Waals surface area (Å²) in [6.45, 7) is 4.03. The maximum Gasteiger partial charge on any atom is 0.317 e. The van der Waals surface area contributed by atoms with Crippen molar-refractivity contribution in [2.24, 2.45) is 11.7 Å². The molecule has 0 aromatic carbocycles. The van der Waals surface area contributed by atoms with E-state index in [4.69, 9.17) is 5.73 Å². The summed E-state index contributed by atoms with van der Waals surface area (Å²) >= 11 is 0. The largest absolute Gasteiger partial charge is 0.332 e. The molecule has 104 valence electrons. The Morgan fingerprint density at radius 2 is 2.58 bits per heavy atom. The molecule has 6 nitrogen and oxygen atoms in total. The minimum absolute atomic E-state index is 0.0214. The predicted octanol–water partition coefficient (Wildman–Crippen LogP) is 0.605. The number of aromatic amines is 1. The second kappa shape index (κ2) is 4.52. The van der Waals surface area contributed by atoms with Gasteiger partial charge in [0, 0.05) is 18.6 Å². The fraction of sp³-hybridized carbons (Fsp3) is 0.692. The number of aryl methyl sites for hydroxylation is 1. The van der Waals surface area contributed by atoms with Crippen LogP contribution in [0.15, 0.2) is 6.07 Å². The zero-order valence-electron chi connectivity index (χ0n) is 11.3. The second-order valence-corrected chi connectivity index (χ2v) is 5.75. The number of nitrogens with two attached hydrogens (primary N) is 1. The first kappa shape index (κ1) is 12.5. The van der Waals surface area contributed by atoms with Gasteiger partial charge in [-0.25, -0.2) is 4.79 Å². The van der Waals surface area contributed by atoms with Crippen LogP contribution in [-0.2, 0) is 13.0 Å². The number of carbonyl (C=O) groups is 1. The van der Waals surface area contributed by atoms with Gasteiger partial charge in [0.05, 0.1) is 17.9 Å². The summed E-state index contributed by atoms with van der Waals surface area (Å²) in [7, 11) is 0. The number of amides is 2. The second-order valence-electron chi connectivity index (χ2n) is 5.75. The Bertz CT molecular complexity index is 485. The van der Waals surface area contributed by atoms with Crippen LogP contribution in [0.5, 0.6) is 0 Å². The highest BCUT2D eigenvalue weighted by Gasteiger charge is 2.51. The zero-order valence-corrected chi connectivity index (χ0v) is 11.3. The van der Waals surface area contributed by atoms with Crippen molar-refractivity contribution in [2.75, 3.05) is 13.1 Å². The molecular formula is C13H21N5O. The molecule has 1 saturated carbocycles. The number of fused-ring (bicyclic) bond motifs is 1. The highest BCUT2D eigenvalue weighted by molar-refractivity contribution is 5.74. The van der Waals surface area contributed by atoms with Crippen LogP contribution in [0, 0.1) is 5.92 Å². The molecule has 6 heteroatoms. The van der Waals surface area contributed by atoms with Gasteiger partial charge in [0.25, 0.3) is 0 Å². The maximum atomic E-state index is 12.1. The van der Waals surface area contributed by atoms with Crippen molar-refractivity contribution in [1.82, 2.24) is 20.4 Å². The first-order chi connectivity index (χ1) is 9.10. The lowest BCUT2D eigenvalue weighted by atomic mass is 9.70. The van der Waals surface area contributed by atoms with E-state index in [0.29, 0.717) is 19.0 Å². The number of hydrogen-bond acceptors (Lipinski definition) is 3. The number of aromatic nitrogens is 2. The summed E-state index contributed by atoms with van der Waals surface area (Å²) in [6, 6.07) is 1.96. The Hall–Kier alpha value is -1.56. The van der Waals surface area contributed by atoms with E-state index < -0.39 is 0 Å². The van der Waals surface area contributed by atoms with E-state index in [0.717, 1.165) is 37.2 Å². The third-order valence-electron chi connectivity index (χ3n) is 4.46. The average Bonchev–Trinajstić information content (AvgIpc) is 2.94. The number of hydrogen-bond donors (Lipinski definition) is 3. The van der Waals surface area contributed by atoms with Crippen molar-refractivity contribution in [2.45, 2.75) is 38.3 Å². The number of nitrogens with one attached hydrogen (secondary N) is 2. The molecule has 1 aliphatic carbocycles. The molecule has 19 heavy (non-hydrogen) atoms. The van der Waals surface area contributed by atoms with Gasteiger partial charge < -0.3 is 16.0 Å². The Balaban J connectivity index is 1.52. The lowest BCUT2D eigenvalue weighted by molar-refractivity contribution is 0.187. The van der Waals surface area contributed by atoms with Crippen molar-refractivity contribution in [1.29, 1.82) is 0 Å². The van der Waals surface area contributed by atoms with Crippen molar-refractivity contribution in [3.63, 3.8) is 0 Å². The van der Waals surface area contributed by atoms with E-state index >= 15 is 0 Å². The Morgan fingerprint density at radius 1 is 1.74 bits per heavy atom. The molecule has 0 spiro atoms. The first-order valence-electron chi connectivity index (χ1n) is 6.95. The van der Waals surface area contributed by atoms with E-state index in [2.05, 4.69) is 22.4 Å². The van der Waals surface area contributed by atoms with Crippen LogP contribution in [0.2, 0.25) is 0 Å². The molecule has 1 aromatic rings. The minimum Gasteiger partial charge on any atom is -0.332 e. The molecule has 4 N–H and O–H groups in total. The molecular weight excluding hydrogens is 242 g/mol. The average molecular weight is 263 g/mol. The molecule has 0 unspecified atom stereocenters. The Kier molecular flexibility index (Phi) is 2.97. The molecule has 3 rings (SSSR count). The molecule has 2 fully saturated rings. The summed E-state index contributed by atoms with van der Waals surface area (Å²) in [5.74, 6) is 0.497. The number of rotatable bonds is 3. The predicted molar refractivity (Wildman–Crippen MR) is 71.4 cm³/mol. The quantitative estimate of drug-likeness (QED) is 0.746. The fourth-order valence-electron chi connectivity index (χ4n) is 3.00. The van der Waals surface area contributed by atoms with Crippen LogP contribution < -0.4 is 11.1 Å². The standard InChI is InChI=1S/C13H21N5O/c1-2-10-5-11(17-16-10)6-15-12(19)18-7-9-3-4-13(9,14)8-18/h5,9H,2-4,6-8,14H2,1H3,(H,15,19)(H,16,17)/t9-,13-/m0/s1. The van der Waals surface area contributed by atoms with E-state index in [1.165, 1.54) is 0 Å². The lowest BCUT2D eigenvalue weighted by Gasteiger charge is -2.39. The molecule has 2 heterocycles. The van der Waals surface area contributed by atoms with Crippen LogP contribution in [-0.4, -0.2) is 39.8 Å². The van der Waals surface area contributed by atoms with Gasteiger partial charge in [-0.05, 0) is 31.2 Å². The maximum absolute atomic E-state index is 12.1. The number of nitrogens with zero attached hydrogens (tertiary/aromatic N) is 2. The molecule has 2 atom stereocenters. The number of carbonyl (C=O) groups excluding carboxylic acids is 1. The van der Waals surface area contributed by atoms with E-state index in [9.17, 15) is 4.79 Å².